The van der Waals surface area contributed by atoms with E-state index in [2.05, 4.69) is 19.9 Å². The number of methoxy groups -OCH3 is 1. The highest BCUT2D eigenvalue weighted by molar-refractivity contribution is 6.08. The molecule has 0 unspecified atom stereocenters. The molecule has 1 amide bonds. The van der Waals surface area contributed by atoms with Gasteiger partial charge in [-0.25, -0.2) is 4.98 Å². The highest BCUT2D eigenvalue weighted by atomic mass is 16.5. The number of aromatic amines is 1. The van der Waals surface area contributed by atoms with E-state index in [1.807, 2.05) is 44.4 Å². The summed E-state index contributed by atoms with van der Waals surface area (Å²) < 4.78 is 7.39. The van der Waals surface area contributed by atoms with Crippen molar-refractivity contribution in [3.05, 3.63) is 47.7 Å². The fourth-order valence-electron chi connectivity index (χ4n) is 3.06. The minimum absolute atomic E-state index is 0.0455. The smallest absolute Gasteiger partial charge is 0.253 e. The van der Waals surface area contributed by atoms with Gasteiger partial charge in [-0.3, -0.25) is 4.79 Å². The van der Waals surface area contributed by atoms with Gasteiger partial charge in [-0.05, 0) is 44.9 Å². The molecule has 1 aromatic carbocycles. The van der Waals surface area contributed by atoms with Crippen LogP contribution >= 0.6 is 0 Å². The van der Waals surface area contributed by atoms with E-state index in [0.29, 0.717) is 12.1 Å². The summed E-state index contributed by atoms with van der Waals surface area (Å²) in [6.45, 7) is 5.49. The molecule has 25 heavy (non-hydrogen) atoms. The molecule has 0 spiro atoms. The summed E-state index contributed by atoms with van der Waals surface area (Å²) in [5.74, 6) is 1.72. The number of fused-ring (bicyclic) bond motifs is 1. The molecule has 3 rings (SSSR count). The number of ether oxygens (including phenoxy) is 1. The maximum absolute atomic E-state index is 12.6. The van der Waals surface area contributed by atoms with E-state index in [0.717, 1.165) is 47.6 Å². The summed E-state index contributed by atoms with van der Waals surface area (Å²) >= 11 is 0. The quantitative estimate of drug-likeness (QED) is 0.649. The van der Waals surface area contributed by atoms with E-state index in [1.165, 1.54) is 0 Å². The van der Waals surface area contributed by atoms with Gasteiger partial charge in [0.1, 0.15) is 11.6 Å². The lowest BCUT2D eigenvalue weighted by Gasteiger charge is -2.07. The number of nitrogens with zero attached hydrogens (tertiary/aromatic N) is 2. The van der Waals surface area contributed by atoms with E-state index >= 15 is 0 Å². The lowest BCUT2D eigenvalue weighted by molar-refractivity contribution is 0.0954. The first-order valence-electron chi connectivity index (χ1n) is 8.52. The average Bonchev–Trinajstić information content (AvgIpc) is 3.15. The van der Waals surface area contributed by atoms with Gasteiger partial charge in [0.2, 0.25) is 0 Å². The van der Waals surface area contributed by atoms with Gasteiger partial charge >= 0.3 is 0 Å². The summed E-state index contributed by atoms with van der Waals surface area (Å²) in [5.41, 5.74) is 2.51. The molecule has 3 aromatic rings. The molecule has 2 heterocycles. The van der Waals surface area contributed by atoms with Crippen LogP contribution in [0.1, 0.15) is 34.7 Å². The SMILES string of the molecule is COc1ccc2[nH]c(C)c(C(=O)NCCCCn3ccnc3C)c2c1. The largest absolute Gasteiger partial charge is 0.497 e. The zero-order chi connectivity index (χ0) is 17.8. The van der Waals surface area contributed by atoms with Gasteiger partial charge in [-0.15, -0.1) is 0 Å². The number of H-pyrrole nitrogens is 1. The summed E-state index contributed by atoms with van der Waals surface area (Å²) in [4.78, 5) is 20.1. The lowest BCUT2D eigenvalue weighted by atomic mass is 10.1. The van der Waals surface area contributed by atoms with Crippen molar-refractivity contribution in [1.82, 2.24) is 19.9 Å². The average molecular weight is 340 g/mol. The predicted molar refractivity (Wildman–Crippen MR) is 98.1 cm³/mol. The number of carbonyl (C=O) groups excluding carboxylic acids is 1. The third kappa shape index (κ3) is 3.68. The van der Waals surface area contributed by atoms with Crippen molar-refractivity contribution in [2.24, 2.45) is 0 Å². The molecule has 0 saturated heterocycles. The Bertz CT molecular complexity index is 879. The van der Waals surface area contributed by atoms with Gasteiger partial charge in [0, 0.05) is 42.1 Å². The van der Waals surface area contributed by atoms with Crippen molar-refractivity contribution in [2.45, 2.75) is 33.2 Å². The van der Waals surface area contributed by atoms with Gasteiger partial charge in [0.15, 0.2) is 0 Å². The van der Waals surface area contributed by atoms with Crippen LogP contribution in [0.3, 0.4) is 0 Å². The van der Waals surface area contributed by atoms with E-state index in [-0.39, 0.29) is 5.91 Å². The number of carbonyl (C=O) groups is 1. The Kier molecular flexibility index (Phi) is 5.07. The third-order valence-electron chi connectivity index (χ3n) is 4.46. The molecule has 0 aliphatic carbocycles. The minimum Gasteiger partial charge on any atom is -0.497 e. The summed E-state index contributed by atoms with van der Waals surface area (Å²) in [5, 5.41) is 3.92. The van der Waals surface area contributed by atoms with Crippen molar-refractivity contribution in [3.63, 3.8) is 0 Å². The molecule has 0 aliphatic heterocycles. The molecule has 0 atom stereocenters. The maximum atomic E-state index is 12.6. The maximum Gasteiger partial charge on any atom is 0.253 e. The number of nitrogens with one attached hydrogen (secondary N) is 2. The fourth-order valence-corrected chi connectivity index (χ4v) is 3.06. The Morgan fingerprint density at radius 1 is 1.32 bits per heavy atom. The molecule has 0 radical (unpaired) electrons. The molecule has 2 aromatic heterocycles. The number of aryl methyl sites for hydroxylation is 3. The second kappa shape index (κ2) is 7.42. The van der Waals surface area contributed by atoms with Crippen molar-refractivity contribution >= 4 is 16.8 Å². The van der Waals surface area contributed by atoms with Crippen molar-refractivity contribution < 1.29 is 9.53 Å². The first-order chi connectivity index (χ1) is 12.1. The Balaban J connectivity index is 1.58. The Morgan fingerprint density at radius 2 is 2.16 bits per heavy atom. The zero-order valence-electron chi connectivity index (χ0n) is 14.9. The Labute approximate surface area is 147 Å². The van der Waals surface area contributed by atoms with Crippen LogP contribution in [0.4, 0.5) is 0 Å². The molecule has 132 valence electrons. The molecule has 0 saturated carbocycles. The summed E-state index contributed by atoms with van der Waals surface area (Å²) in [6.07, 6.45) is 5.72. The van der Waals surface area contributed by atoms with Gasteiger partial charge in [-0.1, -0.05) is 0 Å². The summed E-state index contributed by atoms with van der Waals surface area (Å²) in [7, 11) is 1.63. The van der Waals surface area contributed by atoms with Crippen LogP contribution in [-0.4, -0.2) is 34.1 Å². The van der Waals surface area contributed by atoms with Crippen LogP contribution in [0.5, 0.6) is 5.75 Å². The van der Waals surface area contributed by atoms with Crippen LogP contribution in [0.2, 0.25) is 0 Å². The monoisotopic (exact) mass is 340 g/mol. The standard InChI is InChI=1S/C19H24N4O2/c1-13-18(16-12-15(25-3)6-7-17(16)22-13)19(24)21-8-4-5-10-23-11-9-20-14(23)2/h6-7,9,11-12,22H,4-5,8,10H2,1-3H3,(H,21,24). The second-order valence-electron chi connectivity index (χ2n) is 6.17. The van der Waals surface area contributed by atoms with Crippen LogP contribution in [0, 0.1) is 13.8 Å². The second-order valence-corrected chi connectivity index (χ2v) is 6.17. The molecule has 0 fully saturated rings. The molecular formula is C19H24N4O2. The molecule has 6 nitrogen and oxygen atoms in total. The molecule has 6 heteroatoms. The molecule has 2 N–H and O–H groups in total. The minimum atomic E-state index is -0.0455. The number of imidazole rings is 1. The number of hydrogen-bond donors (Lipinski definition) is 2. The summed E-state index contributed by atoms with van der Waals surface area (Å²) in [6, 6.07) is 5.72. The Hall–Kier alpha value is -2.76. The van der Waals surface area contributed by atoms with E-state index in [1.54, 1.807) is 7.11 Å². The molecule has 0 aliphatic rings. The van der Waals surface area contributed by atoms with Crippen molar-refractivity contribution in [1.29, 1.82) is 0 Å². The van der Waals surface area contributed by atoms with Gasteiger partial charge < -0.3 is 19.6 Å². The number of aromatic nitrogens is 3. The Morgan fingerprint density at radius 3 is 2.88 bits per heavy atom. The molecule has 0 bridgehead atoms. The molecular weight excluding hydrogens is 316 g/mol. The van der Waals surface area contributed by atoms with Gasteiger partial charge in [-0.2, -0.15) is 0 Å². The topological polar surface area (TPSA) is 71.9 Å². The van der Waals surface area contributed by atoms with Crippen LogP contribution in [0.15, 0.2) is 30.6 Å². The van der Waals surface area contributed by atoms with Crippen molar-refractivity contribution in [2.75, 3.05) is 13.7 Å². The number of amides is 1. The number of benzene rings is 1. The van der Waals surface area contributed by atoms with Crippen LogP contribution in [-0.2, 0) is 6.54 Å². The van der Waals surface area contributed by atoms with Gasteiger partial charge in [0.25, 0.3) is 5.91 Å². The van der Waals surface area contributed by atoms with E-state index < -0.39 is 0 Å². The van der Waals surface area contributed by atoms with Crippen molar-refractivity contribution in [3.8, 4) is 5.75 Å². The van der Waals surface area contributed by atoms with Gasteiger partial charge in [0.05, 0.1) is 12.7 Å². The first-order valence-corrected chi connectivity index (χ1v) is 8.52. The number of hydrogen-bond acceptors (Lipinski definition) is 3. The fraction of sp³-hybridized carbons (Fsp3) is 0.368. The van der Waals surface area contributed by atoms with Crippen LogP contribution in [0.25, 0.3) is 10.9 Å². The number of rotatable bonds is 7. The highest BCUT2D eigenvalue weighted by Crippen LogP contribution is 2.26. The predicted octanol–water partition coefficient (Wildman–Crippen LogP) is 3.20. The highest BCUT2D eigenvalue weighted by Gasteiger charge is 2.16. The number of unbranched alkanes of at least 4 members (excludes halogenated alkanes) is 1. The van der Waals surface area contributed by atoms with E-state index in [4.69, 9.17) is 4.74 Å². The van der Waals surface area contributed by atoms with Crippen LogP contribution < -0.4 is 10.1 Å². The third-order valence-corrected chi connectivity index (χ3v) is 4.46. The zero-order valence-corrected chi connectivity index (χ0v) is 14.9. The van der Waals surface area contributed by atoms with E-state index in [9.17, 15) is 4.79 Å². The lowest BCUT2D eigenvalue weighted by Crippen LogP contribution is -2.25. The normalized spacial score (nSPS) is 11.0. The first kappa shape index (κ1) is 17.1.